The molecule has 24 heavy (non-hydrogen) atoms. The minimum Gasteiger partial charge on any atom is -0.367 e. The molecule has 0 aromatic heterocycles. The molecule has 0 aliphatic carbocycles. The van der Waals surface area contributed by atoms with Gasteiger partial charge in [-0.1, -0.05) is 0 Å². The molecule has 2 heterocycles. The number of alkyl halides is 3. The molecule has 4 nitrogen and oxygen atoms in total. The van der Waals surface area contributed by atoms with Crippen LogP contribution in [0.4, 0.5) is 13.2 Å². The Morgan fingerprint density at radius 3 is 2.25 bits per heavy atom. The molecule has 2 saturated heterocycles. The Kier molecular flexibility index (Phi) is 6.18. The average molecular weight is 350 g/mol. The van der Waals surface area contributed by atoms with Crippen molar-refractivity contribution >= 4 is 5.97 Å². The lowest BCUT2D eigenvalue weighted by Crippen LogP contribution is -2.46. The third-order valence-electron chi connectivity index (χ3n) is 4.88. The van der Waals surface area contributed by atoms with Gasteiger partial charge in [0.25, 0.3) is 0 Å². The van der Waals surface area contributed by atoms with Gasteiger partial charge in [0.1, 0.15) is 0 Å². The standard InChI is InChI=1S/C17H29F3N2O2/c1-16(2,3)15(23)24-22-9-6-13(7-10-22)11-21-8-4-5-14(12-21)17(18,19)20/h13-14H,4-12H2,1-3H3. The van der Waals surface area contributed by atoms with E-state index in [1.807, 2.05) is 25.7 Å². The third kappa shape index (κ3) is 5.62. The monoisotopic (exact) mass is 350 g/mol. The van der Waals surface area contributed by atoms with E-state index in [2.05, 4.69) is 0 Å². The summed E-state index contributed by atoms with van der Waals surface area (Å²) in [5.74, 6) is -1.05. The van der Waals surface area contributed by atoms with Crippen molar-refractivity contribution in [2.75, 3.05) is 32.7 Å². The number of nitrogens with zero attached hydrogens (tertiary/aromatic N) is 2. The molecule has 0 spiro atoms. The van der Waals surface area contributed by atoms with Gasteiger partial charge in [-0.05, 0) is 58.9 Å². The van der Waals surface area contributed by atoms with Crippen molar-refractivity contribution in [3.05, 3.63) is 0 Å². The number of rotatable bonds is 3. The molecule has 140 valence electrons. The van der Waals surface area contributed by atoms with Crippen molar-refractivity contribution in [2.24, 2.45) is 17.3 Å². The molecule has 0 aromatic rings. The van der Waals surface area contributed by atoms with Gasteiger partial charge < -0.3 is 9.74 Å². The van der Waals surface area contributed by atoms with Crippen LogP contribution in [-0.4, -0.2) is 54.8 Å². The largest absolute Gasteiger partial charge is 0.393 e. The lowest BCUT2D eigenvalue weighted by molar-refractivity contribution is -0.206. The SMILES string of the molecule is CC(C)(C)C(=O)ON1CCC(CN2CCCC(C(F)(F)F)C2)CC1. The van der Waals surface area contributed by atoms with Crippen molar-refractivity contribution in [1.29, 1.82) is 0 Å². The molecule has 7 heteroatoms. The van der Waals surface area contributed by atoms with Gasteiger partial charge in [0.2, 0.25) is 0 Å². The topological polar surface area (TPSA) is 32.8 Å². The van der Waals surface area contributed by atoms with Crippen LogP contribution in [0, 0.1) is 17.3 Å². The van der Waals surface area contributed by atoms with Gasteiger partial charge in [0, 0.05) is 26.2 Å². The molecule has 2 aliphatic heterocycles. The average Bonchev–Trinajstić information content (AvgIpc) is 2.48. The van der Waals surface area contributed by atoms with E-state index in [1.54, 1.807) is 5.06 Å². The highest BCUT2D eigenvalue weighted by molar-refractivity contribution is 5.75. The molecule has 2 aliphatic rings. The first-order valence-electron chi connectivity index (χ1n) is 8.82. The summed E-state index contributed by atoms with van der Waals surface area (Å²) >= 11 is 0. The van der Waals surface area contributed by atoms with Crippen LogP contribution in [0.5, 0.6) is 0 Å². The highest BCUT2D eigenvalue weighted by Gasteiger charge is 2.42. The van der Waals surface area contributed by atoms with Crippen molar-refractivity contribution < 1.29 is 22.8 Å². The van der Waals surface area contributed by atoms with Gasteiger partial charge in [0.05, 0.1) is 11.3 Å². The van der Waals surface area contributed by atoms with Crippen molar-refractivity contribution in [1.82, 2.24) is 9.96 Å². The number of hydrogen-bond donors (Lipinski definition) is 0. The van der Waals surface area contributed by atoms with Crippen LogP contribution in [0.25, 0.3) is 0 Å². The summed E-state index contributed by atoms with van der Waals surface area (Å²) in [6.07, 6.45) is -1.51. The first-order chi connectivity index (χ1) is 11.1. The molecule has 0 saturated carbocycles. The second kappa shape index (κ2) is 7.60. The summed E-state index contributed by atoms with van der Waals surface area (Å²) in [5, 5.41) is 1.69. The number of piperidine rings is 2. The smallest absolute Gasteiger partial charge is 0.367 e. The maximum atomic E-state index is 12.9. The highest BCUT2D eigenvalue weighted by Crippen LogP contribution is 2.33. The fourth-order valence-corrected chi connectivity index (χ4v) is 3.29. The minimum absolute atomic E-state index is 0.128. The normalized spacial score (nSPS) is 25.7. The minimum atomic E-state index is -4.08. The quantitative estimate of drug-likeness (QED) is 0.780. The van der Waals surface area contributed by atoms with E-state index < -0.39 is 17.5 Å². The van der Waals surface area contributed by atoms with Gasteiger partial charge in [-0.15, -0.1) is 5.06 Å². The highest BCUT2D eigenvalue weighted by atomic mass is 19.4. The van der Waals surface area contributed by atoms with Crippen LogP contribution in [0.3, 0.4) is 0 Å². The van der Waals surface area contributed by atoms with Gasteiger partial charge in [0.15, 0.2) is 0 Å². The molecule has 0 bridgehead atoms. The summed E-state index contributed by atoms with van der Waals surface area (Å²) in [5.41, 5.74) is -0.530. The molecule has 0 radical (unpaired) electrons. The first kappa shape index (κ1) is 19.5. The number of halogens is 3. The predicted octanol–water partition coefficient (Wildman–Crippen LogP) is 3.48. The van der Waals surface area contributed by atoms with Gasteiger partial charge >= 0.3 is 12.1 Å². The van der Waals surface area contributed by atoms with Crippen LogP contribution in [0.1, 0.15) is 46.5 Å². The number of hydroxylamine groups is 2. The summed E-state index contributed by atoms with van der Waals surface area (Å²) in [7, 11) is 0. The number of carbonyl (C=O) groups excluding carboxylic acids is 1. The lowest BCUT2D eigenvalue weighted by atomic mass is 9.93. The van der Waals surface area contributed by atoms with E-state index in [0.29, 0.717) is 32.0 Å². The Bertz CT molecular complexity index is 427. The van der Waals surface area contributed by atoms with Crippen LogP contribution < -0.4 is 0 Å². The Hall–Kier alpha value is -0.820. The molecule has 1 unspecified atom stereocenters. The van der Waals surface area contributed by atoms with E-state index in [-0.39, 0.29) is 18.9 Å². The van der Waals surface area contributed by atoms with Gasteiger partial charge in [-0.2, -0.15) is 13.2 Å². The fourth-order valence-electron chi connectivity index (χ4n) is 3.29. The summed E-state index contributed by atoms with van der Waals surface area (Å²) in [6, 6.07) is 0. The molecule has 1 atom stereocenters. The Morgan fingerprint density at radius 1 is 1.08 bits per heavy atom. The first-order valence-corrected chi connectivity index (χ1v) is 8.82. The second-order valence-corrected chi connectivity index (χ2v) is 8.14. The Morgan fingerprint density at radius 2 is 1.71 bits per heavy atom. The van der Waals surface area contributed by atoms with E-state index in [9.17, 15) is 18.0 Å². The fraction of sp³-hybridized carbons (Fsp3) is 0.941. The molecule has 2 fully saturated rings. The maximum absolute atomic E-state index is 12.9. The van der Waals surface area contributed by atoms with Gasteiger partial charge in [-0.25, -0.2) is 4.79 Å². The van der Waals surface area contributed by atoms with Crippen molar-refractivity contribution in [3.63, 3.8) is 0 Å². The second-order valence-electron chi connectivity index (χ2n) is 8.14. The molecular formula is C17H29F3N2O2. The Balaban J connectivity index is 1.74. The van der Waals surface area contributed by atoms with Crippen LogP contribution in [0.15, 0.2) is 0 Å². The zero-order chi connectivity index (χ0) is 18.0. The number of likely N-dealkylation sites (tertiary alicyclic amines) is 1. The maximum Gasteiger partial charge on any atom is 0.393 e. The van der Waals surface area contributed by atoms with Gasteiger partial charge in [-0.3, -0.25) is 0 Å². The van der Waals surface area contributed by atoms with Crippen LogP contribution >= 0.6 is 0 Å². The number of hydrogen-bond acceptors (Lipinski definition) is 4. The molecule has 0 amide bonds. The summed E-state index contributed by atoms with van der Waals surface area (Å²) in [4.78, 5) is 19.2. The third-order valence-corrected chi connectivity index (χ3v) is 4.88. The Labute approximate surface area is 142 Å². The molecule has 0 aromatic carbocycles. The van der Waals surface area contributed by atoms with E-state index in [4.69, 9.17) is 4.84 Å². The van der Waals surface area contributed by atoms with Crippen molar-refractivity contribution in [3.8, 4) is 0 Å². The number of carbonyl (C=O) groups is 1. The van der Waals surface area contributed by atoms with Crippen molar-refractivity contribution in [2.45, 2.75) is 52.6 Å². The summed E-state index contributed by atoms with van der Waals surface area (Å²) in [6.45, 7) is 8.36. The van der Waals surface area contributed by atoms with Crippen LogP contribution in [0.2, 0.25) is 0 Å². The zero-order valence-corrected chi connectivity index (χ0v) is 14.9. The molecular weight excluding hydrogens is 321 g/mol. The van der Waals surface area contributed by atoms with E-state index in [1.165, 1.54) is 0 Å². The van der Waals surface area contributed by atoms with E-state index >= 15 is 0 Å². The lowest BCUT2D eigenvalue weighted by Gasteiger charge is -2.38. The molecule has 2 rings (SSSR count). The summed E-state index contributed by atoms with van der Waals surface area (Å²) < 4.78 is 38.6. The predicted molar refractivity (Wildman–Crippen MR) is 85.1 cm³/mol. The zero-order valence-electron chi connectivity index (χ0n) is 14.9. The molecule has 0 N–H and O–H groups in total. The van der Waals surface area contributed by atoms with E-state index in [0.717, 1.165) is 19.4 Å². The van der Waals surface area contributed by atoms with Crippen LogP contribution in [-0.2, 0) is 9.63 Å².